The zero-order valence-corrected chi connectivity index (χ0v) is 11.8. The number of carbonyl (C=O) groups is 2. The molecule has 0 saturated carbocycles. The molecule has 0 aromatic carbocycles. The molecule has 2 rings (SSSR count). The molecule has 1 aliphatic heterocycles. The van der Waals surface area contributed by atoms with Gasteiger partial charge in [-0.05, 0) is 19.4 Å². The van der Waals surface area contributed by atoms with E-state index in [2.05, 4.69) is 15.3 Å². The van der Waals surface area contributed by atoms with Gasteiger partial charge in [0.2, 0.25) is 0 Å². The van der Waals surface area contributed by atoms with Crippen LogP contribution in [-0.2, 0) is 4.74 Å². The molecular formula is C12H15N3O3S. The highest BCUT2D eigenvalue weighted by atomic mass is 32.2. The van der Waals surface area contributed by atoms with Gasteiger partial charge in [-0.15, -0.1) is 0 Å². The maximum Gasteiger partial charge on any atom is 0.339 e. The van der Waals surface area contributed by atoms with Gasteiger partial charge in [-0.2, -0.15) is 0 Å². The molecule has 0 spiro atoms. The highest BCUT2D eigenvalue weighted by molar-refractivity contribution is 8.14. The summed E-state index contributed by atoms with van der Waals surface area (Å²) in [6.07, 6.45) is 0. The molecule has 0 bridgehead atoms. The van der Waals surface area contributed by atoms with Crippen LogP contribution in [0.25, 0.3) is 0 Å². The summed E-state index contributed by atoms with van der Waals surface area (Å²) in [6, 6.07) is 0. The Balaban J connectivity index is 2.25. The third-order valence-corrected chi connectivity index (χ3v) is 3.75. The van der Waals surface area contributed by atoms with Crippen LogP contribution in [0, 0.1) is 13.8 Å². The van der Waals surface area contributed by atoms with E-state index in [1.165, 1.54) is 18.9 Å². The number of nitrogens with zero attached hydrogens (tertiary/aromatic N) is 1. The topological polar surface area (TPSA) is 83.5 Å². The number of amides is 1. The Morgan fingerprint density at radius 3 is 2.74 bits per heavy atom. The molecule has 0 aliphatic carbocycles. The molecular weight excluding hydrogens is 266 g/mol. The third-order valence-electron chi connectivity index (χ3n) is 2.86. The van der Waals surface area contributed by atoms with Crippen molar-refractivity contribution in [3.05, 3.63) is 22.5 Å². The number of thioether (sulfide) groups is 1. The fourth-order valence-electron chi connectivity index (χ4n) is 1.96. The van der Waals surface area contributed by atoms with Crippen molar-refractivity contribution in [3.8, 4) is 0 Å². The molecule has 2 N–H and O–H groups in total. The normalized spacial score (nSPS) is 14.2. The van der Waals surface area contributed by atoms with Crippen LogP contribution in [-0.4, -0.2) is 41.4 Å². The number of carbonyl (C=O) groups excluding carboxylic acids is 2. The minimum atomic E-state index is -0.446. The van der Waals surface area contributed by atoms with E-state index < -0.39 is 5.97 Å². The van der Waals surface area contributed by atoms with Crippen molar-refractivity contribution in [1.29, 1.82) is 0 Å². The highest BCUT2D eigenvalue weighted by Crippen LogP contribution is 2.19. The number of H-pyrrole nitrogens is 1. The predicted octanol–water partition coefficient (Wildman–Crippen LogP) is 1.25. The molecule has 1 amide bonds. The van der Waals surface area contributed by atoms with Gasteiger partial charge >= 0.3 is 5.97 Å². The van der Waals surface area contributed by atoms with Gasteiger partial charge in [0.1, 0.15) is 5.69 Å². The van der Waals surface area contributed by atoms with Crippen molar-refractivity contribution in [3.63, 3.8) is 0 Å². The fourth-order valence-corrected chi connectivity index (χ4v) is 2.68. The van der Waals surface area contributed by atoms with Crippen LogP contribution in [0.3, 0.4) is 0 Å². The molecule has 1 aliphatic rings. The summed E-state index contributed by atoms with van der Waals surface area (Å²) >= 11 is 1.51. The second-order valence-corrected chi connectivity index (χ2v) is 5.19. The Hall–Kier alpha value is -1.76. The monoisotopic (exact) mass is 281 g/mol. The van der Waals surface area contributed by atoms with Crippen molar-refractivity contribution in [1.82, 2.24) is 10.3 Å². The van der Waals surface area contributed by atoms with Crippen LogP contribution in [0.4, 0.5) is 0 Å². The van der Waals surface area contributed by atoms with E-state index in [9.17, 15) is 9.59 Å². The van der Waals surface area contributed by atoms with E-state index in [-0.39, 0.29) is 5.91 Å². The molecule has 2 heterocycles. The Kier molecular flexibility index (Phi) is 3.94. The molecule has 102 valence electrons. The lowest BCUT2D eigenvalue weighted by molar-refractivity contribution is 0.0599. The van der Waals surface area contributed by atoms with Gasteiger partial charge in [0.05, 0.1) is 19.2 Å². The summed E-state index contributed by atoms with van der Waals surface area (Å²) in [4.78, 5) is 30.8. The van der Waals surface area contributed by atoms with Gasteiger partial charge in [-0.3, -0.25) is 9.79 Å². The number of esters is 1. The van der Waals surface area contributed by atoms with Crippen LogP contribution in [0.2, 0.25) is 0 Å². The van der Waals surface area contributed by atoms with Crippen LogP contribution < -0.4 is 5.32 Å². The van der Waals surface area contributed by atoms with Gasteiger partial charge in [0, 0.05) is 11.4 Å². The minimum Gasteiger partial charge on any atom is -0.465 e. The first kappa shape index (κ1) is 13.7. The SMILES string of the molecule is COC(=O)c1c(C)[nH]c(C(=O)NC2=NCCS2)c1C. The maximum absolute atomic E-state index is 12.1. The van der Waals surface area contributed by atoms with Crippen molar-refractivity contribution in [2.45, 2.75) is 13.8 Å². The van der Waals surface area contributed by atoms with Gasteiger partial charge in [0.15, 0.2) is 5.17 Å². The van der Waals surface area contributed by atoms with E-state index >= 15 is 0 Å². The summed E-state index contributed by atoms with van der Waals surface area (Å²) in [5.41, 5.74) is 1.99. The predicted molar refractivity (Wildman–Crippen MR) is 73.8 cm³/mol. The first-order chi connectivity index (χ1) is 9.04. The Morgan fingerprint density at radius 1 is 1.42 bits per heavy atom. The lowest BCUT2D eigenvalue weighted by Crippen LogP contribution is -2.28. The van der Waals surface area contributed by atoms with Crippen LogP contribution in [0.1, 0.15) is 32.1 Å². The maximum atomic E-state index is 12.1. The number of nitrogens with one attached hydrogen (secondary N) is 2. The van der Waals surface area contributed by atoms with Gasteiger partial charge in [0.25, 0.3) is 5.91 Å². The summed E-state index contributed by atoms with van der Waals surface area (Å²) in [7, 11) is 1.32. The Morgan fingerprint density at radius 2 is 2.16 bits per heavy atom. The third kappa shape index (κ3) is 2.65. The zero-order valence-electron chi connectivity index (χ0n) is 11.0. The number of aryl methyl sites for hydroxylation is 1. The first-order valence-corrected chi connectivity index (χ1v) is 6.79. The quantitative estimate of drug-likeness (QED) is 0.799. The molecule has 0 radical (unpaired) electrons. The summed E-state index contributed by atoms with van der Waals surface area (Å²) in [5.74, 6) is 0.146. The molecule has 1 aromatic heterocycles. The van der Waals surface area contributed by atoms with Gasteiger partial charge in [-0.1, -0.05) is 11.8 Å². The molecule has 0 saturated heterocycles. The van der Waals surface area contributed by atoms with Crippen LogP contribution in [0.15, 0.2) is 4.99 Å². The average Bonchev–Trinajstić information content (AvgIpc) is 2.97. The first-order valence-electron chi connectivity index (χ1n) is 5.80. The van der Waals surface area contributed by atoms with E-state index in [4.69, 9.17) is 4.74 Å². The number of hydrogen-bond acceptors (Lipinski definition) is 5. The summed E-state index contributed by atoms with van der Waals surface area (Å²) < 4.78 is 4.71. The lowest BCUT2D eigenvalue weighted by atomic mass is 10.1. The summed E-state index contributed by atoms with van der Waals surface area (Å²) in [6.45, 7) is 4.17. The second kappa shape index (κ2) is 5.48. The van der Waals surface area contributed by atoms with Crippen LogP contribution in [0.5, 0.6) is 0 Å². The molecule has 7 heteroatoms. The zero-order chi connectivity index (χ0) is 14.0. The Bertz CT molecular complexity index is 563. The number of rotatable bonds is 2. The number of ether oxygens (including phenoxy) is 1. The van der Waals surface area contributed by atoms with E-state index in [0.717, 1.165) is 12.3 Å². The molecule has 0 unspecified atom stereocenters. The van der Waals surface area contributed by atoms with Crippen molar-refractivity contribution < 1.29 is 14.3 Å². The fraction of sp³-hybridized carbons (Fsp3) is 0.417. The van der Waals surface area contributed by atoms with Crippen molar-refractivity contribution >= 4 is 28.8 Å². The number of aromatic nitrogens is 1. The standard InChI is InChI=1S/C12H15N3O3S/c1-6-8(11(17)18-3)7(2)14-9(6)10(16)15-12-13-4-5-19-12/h14H,4-5H2,1-3H3,(H,13,15,16). The van der Waals surface area contributed by atoms with Crippen molar-refractivity contribution in [2.24, 2.45) is 4.99 Å². The molecule has 6 nitrogen and oxygen atoms in total. The van der Waals surface area contributed by atoms with Gasteiger partial charge < -0.3 is 15.0 Å². The average molecular weight is 281 g/mol. The molecule has 0 fully saturated rings. The molecule has 1 aromatic rings. The minimum absolute atomic E-state index is 0.288. The van der Waals surface area contributed by atoms with Gasteiger partial charge in [-0.25, -0.2) is 4.79 Å². The number of aromatic amines is 1. The number of aliphatic imine (C=N–C) groups is 1. The van der Waals surface area contributed by atoms with E-state index in [0.29, 0.717) is 27.7 Å². The largest absolute Gasteiger partial charge is 0.465 e. The van der Waals surface area contributed by atoms with Crippen molar-refractivity contribution in [2.75, 3.05) is 19.4 Å². The number of methoxy groups -OCH3 is 1. The number of amidine groups is 1. The molecule has 19 heavy (non-hydrogen) atoms. The van der Waals surface area contributed by atoms with Crippen LogP contribution >= 0.6 is 11.8 Å². The highest BCUT2D eigenvalue weighted by Gasteiger charge is 2.23. The second-order valence-electron chi connectivity index (χ2n) is 4.11. The lowest BCUT2D eigenvalue weighted by Gasteiger charge is -2.03. The smallest absolute Gasteiger partial charge is 0.339 e. The molecule has 0 atom stereocenters. The Labute approximate surface area is 115 Å². The van der Waals surface area contributed by atoms with E-state index in [1.807, 2.05) is 0 Å². The summed E-state index contributed by atoms with van der Waals surface area (Å²) in [5, 5.41) is 3.35. The number of hydrogen-bond donors (Lipinski definition) is 2. The van der Waals surface area contributed by atoms with E-state index in [1.54, 1.807) is 13.8 Å².